The molecule has 0 radical (unpaired) electrons. The fourth-order valence-electron chi connectivity index (χ4n) is 1.47. The SMILES string of the molecule is C=CCCC(=O)c1cc(C(F)(F)F)ccc1OC. The highest BCUT2D eigenvalue weighted by molar-refractivity contribution is 5.98. The van der Waals surface area contributed by atoms with Gasteiger partial charge in [0.15, 0.2) is 5.78 Å². The van der Waals surface area contributed by atoms with Crippen LogP contribution in [0.4, 0.5) is 13.2 Å². The lowest BCUT2D eigenvalue weighted by Crippen LogP contribution is -2.09. The van der Waals surface area contributed by atoms with Crippen molar-refractivity contribution in [3.8, 4) is 5.75 Å². The van der Waals surface area contributed by atoms with Crippen LogP contribution >= 0.6 is 0 Å². The fourth-order valence-corrected chi connectivity index (χ4v) is 1.47. The summed E-state index contributed by atoms with van der Waals surface area (Å²) in [5.74, 6) is -0.241. The molecule has 1 aromatic rings. The normalized spacial score (nSPS) is 11.1. The topological polar surface area (TPSA) is 26.3 Å². The summed E-state index contributed by atoms with van der Waals surface area (Å²) in [7, 11) is 1.31. The van der Waals surface area contributed by atoms with Gasteiger partial charge in [-0.05, 0) is 24.6 Å². The van der Waals surface area contributed by atoms with Gasteiger partial charge in [0.1, 0.15) is 5.75 Å². The maximum absolute atomic E-state index is 12.6. The molecular weight excluding hydrogens is 245 g/mol. The average Bonchev–Trinajstić information content (AvgIpc) is 2.34. The molecule has 18 heavy (non-hydrogen) atoms. The summed E-state index contributed by atoms with van der Waals surface area (Å²) in [5, 5.41) is 0. The van der Waals surface area contributed by atoms with Crippen molar-refractivity contribution in [3.05, 3.63) is 42.0 Å². The number of rotatable bonds is 5. The summed E-state index contributed by atoms with van der Waals surface area (Å²) in [4.78, 5) is 11.8. The van der Waals surface area contributed by atoms with Crippen molar-refractivity contribution in [1.29, 1.82) is 0 Å². The van der Waals surface area contributed by atoms with Crippen molar-refractivity contribution in [2.24, 2.45) is 0 Å². The molecule has 2 nitrogen and oxygen atoms in total. The highest BCUT2D eigenvalue weighted by Gasteiger charge is 2.31. The molecule has 0 atom stereocenters. The predicted molar refractivity (Wildman–Crippen MR) is 61.8 cm³/mol. The Kier molecular flexibility index (Phi) is 4.53. The minimum Gasteiger partial charge on any atom is -0.496 e. The van der Waals surface area contributed by atoms with Crippen molar-refractivity contribution in [2.45, 2.75) is 19.0 Å². The van der Waals surface area contributed by atoms with E-state index in [-0.39, 0.29) is 17.7 Å². The van der Waals surface area contributed by atoms with Gasteiger partial charge in [-0.1, -0.05) is 6.08 Å². The molecule has 0 aliphatic rings. The lowest BCUT2D eigenvalue weighted by atomic mass is 10.0. The van der Waals surface area contributed by atoms with E-state index in [0.29, 0.717) is 6.42 Å². The first-order valence-corrected chi connectivity index (χ1v) is 5.29. The molecule has 0 aliphatic heterocycles. The molecular formula is C13H13F3O2. The Morgan fingerprint density at radius 1 is 1.44 bits per heavy atom. The van der Waals surface area contributed by atoms with Gasteiger partial charge < -0.3 is 4.74 Å². The molecule has 0 spiro atoms. The summed E-state index contributed by atoms with van der Waals surface area (Å²) >= 11 is 0. The number of hydrogen-bond acceptors (Lipinski definition) is 2. The Labute approximate surface area is 103 Å². The minimum absolute atomic E-state index is 0.0471. The molecule has 0 amide bonds. The first kappa shape index (κ1) is 14.3. The van der Waals surface area contributed by atoms with Crippen molar-refractivity contribution >= 4 is 5.78 Å². The maximum Gasteiger partial charge on any atom is 0.416 e. The van der Waals surface area contributed by atoms with E-state index in [2.05, 4.69) is 6.58 Å². The largest absolute Gasteiger partial charge is 0.496 e. The summed E-state index contributed by atoms with van der Waals surface area (Å²) in [6.07, 6.45) is -2.41. The van der Waals surface area contributed by atoms with E-state index in [9.17, 15) is 18.0 Å². The number of alkyl halides is 3. The number of Topliss-reactive ketones (excluding diaryl/α,β-unsaturated/α-hetero) is 1. The van der Waals surface area contributed by atoms with E-state index >= 15 is 0 Å². The van der Waals surface area contributed by atoms with Crippen LogP contribution in [0.5, 0.6) is 5.75 Å². The van der Waals surface area contributed by atoms with Gasteiger partial charge >= 0.3 is 6.18 Å². The monoisotopic (exact) mass is 258 g/mol. The quantitative estimate of drug-likeness (QED) is 0.592. The smallest absolute Gasteiger partial charge is 0.416 e. The zero-order valence-electron chi connectivity index (χ0n) is 9.88. The van der Waals surface area contributed by atoms with Gasteiger partial charge in [-0.25, -0.2) is 0 Å². The van der Waals surface area contributed by atoms with E-state index in [1.54, 1.807) is 0 Å². The molecule has 1 aromatic carbocycles. The summed E-state index contributed by atoms with van der Waals surface area (Å²) in [5.41, 5.74) is -0.903. The van der Waals surface area contributed by atoms with Crippen LogP contribution in [-0.4, -0.2) is 12.9 Å². The number of hydrogen-bond donors (Lipinski definition) is 0. The maximum atomic E-state index is 12.6. The van der Waals surface area contributed by atoms with Crippen LogP contribution in [0, 0.1) is 0 Å². The highest BCUT2D eigenvalue weighted by Crippen LogP contribution is 2.33. The fraction of sp³-hybridized carbons (Fsp3) is 0.308. The van der Waals surface area contributed by atoms with Gasteiger partial charge in [0.25, 0.3) is 0 Å². The lowest BCUT2D eigenvalue weighted by Gasteiger charge is -2.11. The number of methoxy groups -OCH3 is 1. The van der Waals surface area contributed by atoms with Crippen molar-refractivity contribution in [3.63, 3.8) is 0 Å². The van der Waals surface area contributed by atoms with Crippen molar-refractivity contribution in [2.75, 3.05) is 7.11 Å². The van der Waals surface area contributed by atoms with Crippen LogP contribution in [0.1, 0.15) is 28.8 Å². The third-order valence-electron chi connectivity index (χ3n) is 2.40. The van der Waals surface area contributed by atoms with E-state index in [4.69, 9.17) is 4.74 Å². The minimum atomic E-state index is -4.47. The Hall–Kier alpha value is -1.78. The summed E-state index contributed by atoms with van der Waals surface area (Å²) < 4.78 is 42.6. The van der Waals surface area contributed by atoms with E-state index in [1.807, 2.05) is 0 Å². The second kappa shape index (κ2) is 5.71. The number of carbonyl (C=O) groups excluding carboxylic acids is 1. The molecule has 1 rings (SSSR count). The molecule has 0 unspecified atom stereocenters. The molecule has 0 bridgehead atoms. The third-order valence-corrected chi connectivity index (χ3v) is 2.40. The zero-order valence-corrected chi connectivity index (χ0v) is 9.88. The van der Waals surface area contributed by atoms with Crippen LogP contribution in [0.15, 0.2) is 30.9 Å². The highest BCUT2D eigenvalue weighted by atomic mass is 19.4. The number of carbonyl (C=O) groups is 1. The Balaban J connectivity index is 3.14. The lowest BCUT2D eigenvalue weighted by molar-refractivity contribution is -0.137. The number of halogens is 3. The molecule has 0 aliphatic carbocycles. The Morgan fingerprint density at radius 3 is 2.61 bits per heavy atom. The molecule has 0 fully saturated rings. The average molecular weight is 258 g/mol. The Bertz CT molecular complexity index is 450. The summed E-state index contributed by atoms with van der Waals surface area (Å²) in [6, 6.07) is 2.87. The van der Waals surface area contributed by atoms with Crippen LogP contribution in [-0.2, 0) is 6.18 Å². The summed E-state index contributed by atoms with van der Waals surface area (Å²) in [6.45, 7) is 3.46. The third kappa shape index (κ3) is 3.35. The number of ether oxygens (including phenoxy) is 1. The molecule has 0 aromatic heterocycles. The molecule has 0 saturated heterocycles. The van der Waals surface area contributed by atoms with Gasteiger partial charge in [0, 0.05) is 6.42 Å². The van der Waals surface area contributed by atoms with Gasteiger partial charge in [-0.3, -0.25) is 4.79 Å². The number of allylic oxidation sites excluding steroid dienone is 1. The van der Waals surface area contributed by atoms with Crippen molar-refractivity contribution in [1.82, 2.24) is 0 Å². The molecule has 0 N–H and O–H groups in total. The van der Waals surface area contributed by atoms with Gasteiger partial charge in [0.2, 0.25) is 0 Å². The number of benzene rings is 1. The second-order valence-corrected chi connectivity index (χ2v) is 3.66. The first-order chi connectivity index (χ1) is 8.40. The van der Waals surface area contributed by atoms with E-state index in [1.165, 1.54) is 13.2 Å². The van der Waals surface area contributed by atoms with Crippen molar-refractivity contribution < 1.29 is 22.7 Å². The molecule has 0 saturated carbocycles. The molecule has 98 valence electrons. The van der Waals surface area contributed by atoms with Gasteiger partial charge in [0.05, 0.1) is 18.2 Å². The van der Waals surface area contributed by atoms with Crippen LogP contribution in [0.25, 0.3) is 0 Å². The van der Waals surface area contributed by atoms with E-state index in [0.717, 1.165) is 18.2 Å². The predicted octanol–water partition coefficient (Wildman–Crippen LogP) is 3.86. The van der Waals surface area contributed by atoms with Gasteiger partial charge in [-0.2, -0.15) is 13.2 Å². The van der Waals surface area contributed by atoms with Crippen LogP contribution in [0.2, 0.25) is 0 Å². The van der Waals surface area contributed by atoms with Crippen LogP contribution < -0.4 is 4.74 Å². The van der Waals surface area contributed by atoms with E-state index < -0.39 is 17.5 Å². The number of ketones is 1. The Morgan fingerprint density at radius 2 is 2.11 bits per heavy atom. The first-order valence-electron chi connectivity index (χ1n) is 5.29. The van der Waals surface area contributed by atoms with Crippen LogP contribution in [0.3, 0.4) is 0 Å². The van der Waals surface area contributed by atoms with Gasteiger partial charge in [-0.15, -0.1) is 6.58 Å². The molecule has 5 heteroatoms. The second-order valence-electron chi connectivity index (χ2n) is 3.66. The zero-order chi connectivity index (χ0) is 13.8. The standard InChI is InChI=1S/C13H13F3O2/c1-3-4-5-11(17)10-8-9(13(14,15)16)6-7-12(10)18-2/h3,6-8H,1,4-5H2,2H3. The molecule has 0 heterocycles.